The molecule has 0 saturated heterocycles. The number of nitrogens with one attached hydrogen (secondary N) is 1. The minimum absolute atomic E-state index is 0.620. The summed E-state index contributed by atoms with van der Waals surface area (Å²) in [6.45, 7) is 1.94. The first kappa shape index (κ1) is 11.5. The molecule has 3 rings (SSSR count). The molecule has 0 spiro atoms. The highest BCUT2D eigenvalue weighted by molar-refractivity contribution is 5.80. The highest BCUT2D eigenvalue weighted by Gasteiger charge is 2.10. The number of aryl methyl sites for hydroxylation is 1. The van der Waals surface area contributed by atoms with Crippen LogP contribution in [0.25, 0.3) is 22.6 Å². The predicted molar refractivity (Wildman–Crippen MR) is 75.0 cm³/mol. The molecule has 96 valence electrons. The number of hydrogen-bond acceptors (Lipinski definition) is 4. The summed E-state index contributed by atoms with van der Waals surface area (Å²) in [6, 6.07) is 9.44. The molecule has 0 bridgehead atoms. The Morgan fingerprint density at radius 1 is 1.16 bits per heavy atom. The maximum Gasteiger partial charge on any atom is 0.178 e. The molecule has 0 saturated carbocycles. The van der Waals surface area contributed by atoms with Crippen LogP contribution in [0.5, 0.6) is 5.75 Å². The average Bonchev–Trinajstić information content (AvgIpc) is 2.81. The first-order valence-corrected chi connectivity index (χ1v) is 5.94. The van der Waals surface area contributed by atoms with Crippen molar-refractivity contribution in [2.45, 2.75) is 6.92 Å². The van der Waals surface area contributed by atoms with Crippen molar-refractivity contribution >= 4 is 16.9 Å². The maximum absolute atomic E-state index is 6.02. The number of fused-ring (bicyclic) bond motifs is 1. The second-order valence-electron chi connectivity index (χ2n) is 4.36. The Hall–Kier alpha value is -2.56. The number of aromatic amines is 1. The fourth-order valence-corrected chi connectivity index (χ4v) is 2.00. The van der Waals surface area contributed by atoms with E-state index in [1.165, 1.54) is 0 Å². The summed E-state index contributed by atoms with van der Waals surface area (Å²) in [6.07, 6.45) is 0. The van der Waals surface area contributed by atoms with Crippen LogP contribution in [0.4, 0.5) is 5.69 Å². The Labute approximate surface area is 110 Å². The van der Waals surface area contributed by atoms with E-state index in [9.17, 15) is 0 Å². The van der Waals surface area contributed by atoms with Crippen LogP contribution in [0.3, 0.4) is 0 Å². The SMILES string of the molecule is COc1ccc(-c2nc3nc(C)ccc3[nH]2)c(N)c1. The van der Waals surface area contributed by atoms with Gasteiger partial charge in [0.15, 0.2) is 5.65 Å². The Balaban J connectivity index is 2.13. The number of rotatable bonds is 2. The second kappa shape index (κ2) is 4.28. The van der Waals surface area contributed by atoms with Crippen molar-refractivity contribution in [3.8, 4) is 17.1 Å². The Kier molecular flexibility index (Phi) is 2.59. The van der Waals surface area contributed by atoms with Crippen LogP contribution in [0.2, 0.25) is 0 Å². The standard InChI is InChI=1S/C14H14N4O/c1-8-3-6-12-14(16-8)18-13(17-12)10-5-4-9(19-2)7-11(10)15/h3-7H,15H2,1-2H3,(H,16,17,18). The number of nitrogens with zero attached hydrogens (tertiary/aromatic N) is 2. The number of imidazole rings is 1. The van der Waals surface area contributed by atoms with E-state index in [1.807, 2.05) is 31.2 Å². The topological polar surface area (TPSA) is 76.8 Å². The van der Waals surface area contributed by atoms with Gasteiger partial charge in [0, 0.05) is 23.0 Å². The number of ether oxygens (including phenoxy) is 1. The fraction of sp³-hybridized carbons (Fsp3) is 0.143. The van der Waals surface area contributed by atoms with Crippen LogP contribution in [0.1, 0.15) is 5.69 Å². The zero-order chi connectivity index (χ0) is 13.4. The monoisotopic (exact) mass is 254 g/mol. The molecule has 2 aromatic heterocycles. The first-order valence-electron chi connectivity index (χ1n) is 5.94. The normalized spacial score (nSPS) is 10.8. The highest BCUT2D eigenvalue weighted by Crippen LogP contribution is 2.28. The molecule has 0 atom stereocenters. The van der Waals surface area contributed by atoms with Gasteiger partial charge < -0.3 is 15.5 Å². The number of methoxy groups -OCH3 is 1. The van der Waals surface area contributed by atoms with Crippen LogP contribution in [-0.4, -0.2) is 22.1 Å². The van der Waals surface area contributed by atoms with E-state index in [4.69, 9.17) is 10.5 Å². The third-order valence-electron chi connectivity index (χ3n) is 3.00. The molecule has 3 N–H and O–H groups in total. The van der Waals surface area contributed by atoms with Gasteiger partial charge in [0.05, 0.1) is 12.6 Å². The Bertz CT molecular complexity index is 748. The van der Waals surface area contributed by atoms with Crippen LogP contribution in [0.15, 0.2) is 30.3 Å². The van der Waals surface area contributed by atoms with Gasteiger partial charge in [0.25, 0.3) is 0 Å². The molecular formula is C14H14N4O. The summed E-state index contributed by atoms with van der Waals surface area (Å²) in [4.78, 5) is 12.1. The molecule has 0 aliphatic heterocycles. The molecule has 2 heterocycles. The summed E-state index contributed by atoms with van der Waals surface area (Å²) in [5, 5.41) is 0. The van der Waals surface area contributed by atoms with E-state index in [2.05, 4.69) is 15.0 Å². The fourth-order valence-electron chi connectivity index (χ4n) is 2.00. The van der Waals surface area contributed by atoms with Gasteiger partial charge in [0.2, 0.25) is 0 Å². The van der Waals surface area contributed by atoms with Crippen molar-refractivity contribution in [1.82, 2.24) is 15.0 Å². The Morgan fingerprint density at radius 3 is 2.74 bits per heavy atom. The molecule has 19 heavy (non-hydrogen) atoms. The smallest absolute Gasteiger partial charge is 0.178 e. The van der Waals surface area contributed by atoms with E-state index in [0.717, 1.165) is 22.5 Å². The summed E-state index contributed by atoms with van der Waals surface area (Å²) >= 11 is 0. The van der Waals surface area contributed by atoms with Gasteiger partial charge in [-0.05, 0) is 31.2 Å². The van der Waals surface area contributed by atoms with Crippen LogP contribution in [0, 0.1) is 6.92 Å². The van der Waals surface area contributed by atoms with E-state index in [1.54, 1.807) is 13.2 Å². The molecule has 5 nitrogen and oxygen atoms in total. The lowest BCUT2D eigenvalue weighted by Gasteiger charge is -2.05. The van der Waals surface area contributed by atoms with Crippen molar-refractivity contribution in [3.63, 3.8) is 0 Å². The van der Waals surface area contributed by atoms with Crippen LogP contribution >= 0.6 is 0 Å². The zero-order valence-electron chi connectivity index (χ0n) is 10.8. The van der Waals surface area contributed by atoms with Crippen molar-refractivity contribution < 1.29 is 4.74 Å². The number of aromatic nitrogens is 3. The number of pyridine rings is 1. The molecule has 0 fully saturated rings. The van der Waals surface area contributed by atoms with E-state index >= 15 is 0 Å². The second-order valence-corrected chi connectivity index (χ2v) is 4.36. The van der Waals surface area contributed by atoms with Gasteiger partial charge in [-0.15, -0.1) is 0 Å². The summed E-state index contributed by atoms with van der Waals surface area (Å²) < 4.78 is 5.14. The first-order chi connectivity index (χ1) is 9.17. The maximum atomic E-state index is 6.02. The van der Waals surface area contributed by atoms with Crippen molar-refractivity contribution in [2.24, 2.45) is 0 Å². The quantitative estimate of drug-likeness (QED) is 0.689. The number of benzene rings is 1. The lowest BCUT2D eigenvalue weighted by Crippen LogP contribution is -1.93. The molecule has 3 aromatic rings. The number of H-pyrrole nitrogens is 1. The summed E-state index contributed by atoms with van der Waals surface area (Å²) in [5.41, 5.74) is 10.0. The van der Waals surface area contributed by atoms with Crippen molar-refractivity contribution in [1.29, 1.82) is 0 Å². The third kappa shape index (κ3) is 1.99. The van der Waals surface area contributed by atoms with Gasteiger partial charge in [-0.1, -0.05) is 0 Å². The minimum atomic E-state index is 0.620. The molecule has 1 aromatic carbocycles. The van der Waals surface area contributed by atoms with Gasteiger partial charge in [-0.2, -0.15) is 0 Å². The highest BCUT2D eigenvalue weighted by atomic mass is 16.5. The van der Waals surface area contributed by atoms with Gasteiger partial charge >= 0.3 is 0 Å². The molecule has 5 heteroatoms. The molecule has 0 aliphatic rings. The lowest BCUT2D eigenvalue weighted by molar-refractivity contribution is 0.415. The number of nitrogens with two attached hydrogens (primary N) is 1. The predicted octanol–water partition coefficient (Wildman–Crippen LogP) is 2.52. The third-order valence-corrected chi connectivity index (χ3v) is 3.00. The number of hydrogen-bond donors (Lipinski definition) is 2. The molecule has 0 unspecified atom stereocenters. The number of anilines is 1. The lowest BCUT2D eigenvalue weighted by atomic mass is 10.1. The average molecular weight is 254 g/mol. The van der Waals surface area contributed by atoms with Gasteiger partial charge in [0.1, 0.15) is 11.6 Å². The van der Waals surface area contributed by atoms with Gasteiger partial charge in [-0.25, -0.2) is 9.97 Å². The van der Waals surface area contributed by atoms with E-state index in [-0.39, 0.29) is 0 Å². The van der Waals surface area contributed by atoms with Crippen molar-refractivity contribution in [3.05, 3.63) is 36.0 Å². The molecule has 0 aliphatic carbocycles. The van der Waals surface area contributed by atoms with E-state index < -0.39 is 0 Å². The largest absolute Gasteiger partial charge is 0.497 e. The minimum Gasteiger partial charge on any atom is -0.497 e. The number of nitrogen functional groups attached to an aromatic ring is 1. The Morgan fingerprint density at radius 2 is 2.00 bits per heavy atom. The molecule has 0 radical (unpaired) electrons. The van der Waals surface area contributed by atoms with Crippen LogP contribution in [-0.2, 0) is 0 Å². The van der Waals surface area contributed by atoms with E-state index in [0.29, 0.717) is 17.2 Å². The summed E-state index contributed by atoms with van der Waals surface area (Å²) in [7, 11) is 1.61. The van der Waals surface area contributed by atoms with Gasteiger partial charge in [-0.3, -0.25) is 0 Å². The molecule has 0 amide bonds. The van der Waals surface area contributed by atoms with Crippen molar-refractivity contribution in [2.75, 3.05) is 12.8 Å². The molecular weight excluding hydrogens is 240 g/mol. The zero-order valence-corrected chi connectivity index (χ0v) is 10.8. The van der Waals surface area contributed by atoms with Crippen LogP contribution < -0.4 is 10.5 Å². The summed E-state index contributed by atoms with van der Waals surface area (Å²) in [5.74, 6) is 1.44.